The van der Waals surface area contributed by atoms with Crippen molar-refractivity contribution in [1.29, 1.82) is 0 Å². The number of Topliss-reactive ketones (excluding diaryl/α,β-unsaturated/α-hetero) is 1. The summed E-state index contributed by atoms with van der Waals surface area (Å²) in [5, 5.41) is 0. The van der Waals surface area contributed by atoms with Gasteiger partial charge in [0, 0.05) is 6.92 Å². The fraction of sp³-hybridized carbons (Fsp3) is 0.600. The number of likely N-dealkylation sites (tertiary alicyclic amines) is 1. The molecule has 0 bridgehead atoms. The van der Waals surface area contributed by atoms with Crippen LogP contribution in [0, 0.1) is 0 Å². The summed E-state index contributed by atoms with van der Waals surface area (Å²) in [7, 11) is 0. The lowest BCUT2D eigenvalue weighted by Crippen LogP contribution is -2.49. The highest BCUT2D eigenvalue weighted by Crippen LogP contribution is 2.00. The maximum Gasteiger partial charge on any atom is 0.220 e. The van der Waals surface area contributed by atoms with E-state index < -0.39 is 0 Å². The molecular weight excluding hydrogens is 106 g/mol. The van der Waals surface area contributed by atoms with Crippen LogP contribution in [-0.4, -0.2) is 29.7 Å². The predicted molar refractivity (Wildman–Crippen MR) is 27.3 cm³/mol. The summed E-state index contributed by atoms with van der Waals surface area (Å²) in [4.78, 5) is 22.1. The van der Waals surface area contributed by atoms with Crippen LogP contribution in [0.15, 0.2) is 0 Å². The molecule has 1 heterocycles. The molecule has 1 saturated heterocycles. The van der Waals surface area contributed by atoms with Crippen molar-refractivity contribution in [2.45, 2.75) is 6.92 Å². The van der Waals surface area contributed by atoms with Crippen molar-refractivity contribution < 1.29 is 9.59 Å². The molecule has 0 aromatic heterocycles. The van der Waals surface area contributed by atoms with Gasteiger partial charge in [0.1, 0.15) is 0 Å². The molecule has 0 N–H and O–H groups in total. The van der Waals surface area contributed by atoms with Gasteiger partial charge in [-0.15, -0.1) is 0 Å². The minimum atomic E-state index is -0.00963. The van der Waals surface area contributed by atoms with Crippen LogP contribution in [0.2, 0.25) is 0 Å². The van der Waals surface area contributed by atoms with Crippen molar-refractivity contribution in [1.82, 2.24) is 4.90 Å². The van der Waals surface area contributed by atoms with Gasteiger partial charge in [0.05, 0.1) is 13.1 Å². The fourth-order valence-electron chi connectivity index (χ4n) is 0.602. The predicted octanol–water partition coefficient (Wildman–Crippen LogP) is -0.582. The first-order valence-corrected chi connectivity index (χ1v) is 2.47. The third-order valence-electron chi connectivity index (χ3n) is 1.18. The van der Waals surface area contributed by atoms with Gasteiger partial charge >= 0.3 is 0 Å². The van der Waals surface area contributed by atoms with E-state index in [9.17, 15) is 9.59 Å². The largest absolute Gasteiger partial charge is 0.328 e. The van der Waals surface area contributed by atoms with Crippen molar-refractivity contribution in [2.24, 2.45) is 0 Å². The fourth-order valence-corrected chi connectivity index (χ4v) is 0.602. The third-order valence-corrected chi connectivity index (χ3v) is 1.18. The Morgan fingerprint density at radius 1 is 1.62 bits per heavy atom. The summed E-state index contributed by atoms with van der Waals surface area (Å²) in [5.74, 6) is 0.143. The second-order valence-corrected chi connectivity index (χ2v) is 1.91. The van der Waals surface area contributed by atoms with Crippen molar-refractivity contribution >= 4 is 11.7 Å². The normalized spacial score (nSPS) is 18.1. The molecule has 0 aromatic rings. The molecule has 0 aliphatic carbocycles. The molecule has 1 aliphatic heterocycles. The smallest absolute Gasteiger partial charge is 0.220 e. The maximum atomic E-state index is 10.3. The standard InChI is InChI=1S/C5H7NO2/c1-4(7)6-2-5(8)3-6/h2-3H2,1H3. The van der Waals surface area contributed by atoms with E-state index in [1.807, 2.05) is 0 Å². The van der Waals surface area contributed by atoms with Crippen LogP contribution in [0.25, 0.3) is 0 Å². The average molecular weight is 113 g/mol. The molecule has 0 spiro atoms. The van der Waals surface area contributed by atoms with Crippen LogP contribution in [-0.2, 0) is 9.59 Å². The van der Waals surface area contributed by atoms with E-state index in [-0.39, 0.29) is 11.7 Å². The second kappa shape index (κ2) is 1.58. The molecule has 0 radical (unpaired) electrons. The molecule has 8 heavy (non-hydrogen) atoms. The second-order valence-electron chi connectivity index (χ2n) is 1.91. The summed E-state index contributed by atoms with van der Waals surface area (Å²) < 4.78 is 0. The Hall–Kier alpha value is -0.860. The van der Waals surface area contributed by atoms with Gasteiger partial charge in [0.15, 0.2) is 5.78 Å². The molecule has 1 rings (SSSR count). The third kappa shape index (κ3) is 0.710. The molecule has 0 unspecified atom stereocenters. The van der Waals surface area contributed by atoms with E-state index in [0.717, 1.165) is 0 Å². The number of nitrogens with zero attached hydrogens (tertiary/aromatic N) is 1. The van der Waals surface area contributed by atoms with Crippen molar-refractivity contribution in [2.75, 3.05) is 13.1 Å². The van der Waals surface area contributed by atoms with Crippen LogP contribution in [0.4, 0.5) is 0 Å². The van der Waals surface area contributed by atoms with Gasteiger partial charge in [-0.1, -0.05) is 0 Å². The minimum absolute atomic E-state index is 0.00963. The number of amides is 1. The van der Waals surface area contributed by atoms with Crippen LogP contribution in [0.1, 0.15) is 6.92 Å². The molecule has 0 atom stereocenters. The first-order valence-electron chi connectivity index (χ1n) is 2.47. The lowest BCUT2D eigenvalue weighted by Gasteiger charge is -2.27. The first kappa shape index (κ1) is 5.28. The summed E-state index contributed by atoms with van der Waals surface area (Å²) in [6, 6.07) is 0. The molecule has 1 amide bonds. The van der Waals surface area contributed by atoms with Gasteiger partial charge < -0.3 is 4.90 Å². The van der Waals surface area contributed by atoms with Crippen molar-refractivity contribution in [3.63, 3.8) is 0 Å². The van der Waals surface area contributed by atoms with Gasteiger partial charge in [0.25, 0.3) is 0 Å². The lowest BCUT2D eigenvalue weighted by molar-refractivity contribution is -0.143. The zero-order valence-corrected chi connectivity index (χ0v) is 4.68. The van der Waals surface area contributed by atoms with Gasteiger partial charge in [-0.3, -0.25) is 9.59 Å². The van der Waals surface area contributed by atoms with E-state index in [2.05, 4.69) is 0 Å². The Kier molecular flexibility index (Phi) is 1.04. The van der Waals surface area contributed by atoms with Gasteiger partial charge in [-0.05, 0) is 0 Å². The van der Waals surface area contributed by atoms with Gasteiger partial charge in [-0.2, -0.15) is 0 Å². The Morgan fingerprint density at radius 2 is 2.12 bits per heavy atom. The van der Waals surface area contributed by atoms with E-state index >= 15 is 0 Å². The molecular formula is C5H7NO2. The number of carbonyl (C=O) groups excluding carboxylic acids is 2. The Bertz CT molecular complexity index is 133. The molecule has 1 fully saturated rings. The molecule has 3 heteroatoms. The van der Waals surface area contributed by atoms with Crippen LogP contribution >= 0.6 is 0 Å². The van der Waals surface area contributed by atoms with Crippen LogP contribution in [0.3, 0.4) is 0 Å². The molecule has 0 aromatic carbocycles. The zero-order valence-electron chi connectivity index (χ0n) is 4.68. The number of rotatable bonds is 0. The van der Waals surface area contributed by atoms with Crippen LogP contribution in [0.5, 0.6) is 0 Å². The molecule has 44 valence electrons. The summed E-state index contributed by atoms with van der Waals surface area (Å²) in [6.07, 6.45) is 0. The van der Waals surface area contributed by atoms with E-state index in [1.165, 1.54) is 11.8 Å². The highest BCUT2D eigenvalue weighted by molar-refractivity contribution is 5.95. The monoisotopic (exact) mass is 113 g/mol. The Balaban J connectivity index is 2.35. The van der Waals surface area contributed by atoms with E-state index in [0.29, 0.717) is 13.1 Å². The summed E-state index contributed by atoms with van der Waals surface area (Å²) in [5.41, 5.74) is 0. The Morgan fingerprint density at radius 3 is 2.25 bits per heavy atom. The topological polar surface area (TPSA) is 37.4 Å². The zero-order chi connectivity index (χ0) is 6.15. The van der Waals surface area contributed by atoms with Crippen molar-refractivity contribution in [3.8, 4) is 0 Å². The summed E-state index contributed by atoms with van der Waals surface area (Å²) >= 11 is 0. The Labute approximate surface area is 47.3 Å². The number of carbonyl (C=O) groups is 2. The first-order chi connectivity index (χ1) is 3.70. The molecule has 1 aliphatic rings. The number of ketones is 1. The van der Waals surface area contributed by atoms with Gasteiger partial charge in [0.2, 0.25) is 5.91 Å². The average Bonchev–Trinajstić information content (AvgIpc) is 1.57. The van der Waals surface area contributed by atoms with E-state index in [1.54, 1.807) is 0 Å². The SMILES string of the molecule is CC(=O)N1CC(=O)C1. The maximum absolute atomic E-state index is 10.3. The molecule has 3 nitrogen and oxygen atoms in total. The van der Waals surface area contributed by atoms with E-state index in [4.69, 9.17) is 0 Å². The minimum Gasteiger partial charge on any atom is -0.328 e. The highest BCUT2D eigenvalue weighted by Gasteiger charge is 2.24. The van der Waals surface area contributed by atoms with Crippen molar-refractivity contribution in [3.05, 3.63) is 0 Å². The van der Waals surface area contributed by atoms with Crippen LogP contribution < -0.4 is 0 Å². The quantitative estimate of drug-likeness (QED) is 0.421. The highest BCUT2D eigenvalue weighted by atomic mass is 16.2. The molecule has 0 saturated carbocycles. The number of hydrogen-bond donors (Lipinski definition) is 0. The van der Waals surface area contributed by atoms with Gasteiger partial charge in [-0.25, -0.2) is 0 Å². The lowest BCUT2D eigenvalue weighted by atomic mass is 10.2. The summed E-state index contributed by atoms with van der Waals surface area (Å²) in [6.45, 7) is 2.12. The number of hydrogen-bond acceptors (Lipinski definition) is 2.